The van der Waals surface area contributed by atoms with Gasteiger partial charge in [-0.2, -0.15) is 0 Å². The van der Waals surface area contributed by atoms with Gasteiger partial charge in [0.2, 0.25) is 10.0 Å². The van der Waals surface area contributed by atoms with E-state index < -0.39 is 10.0 Å². The van der Waals surface area contributed by atoms with Crippen LogP contribution in [0.4, 0.5) is 0 Å². The van der Waals surface area contributed by atoms with Gasteiger partial charge in [0, 0.05) is 0 Å². The minimum atomic E-state index is -3.46. The number of hydrogen-bond donors (Lipinski definition) is 1. The third-order valence-corrected chi connectivity index (χ3v) is 9.42. The Bertz CT molecular complexity index is 744. The molecule has 0 radical (unpaired) electrons. The zero-order chi connectivity index (χ0) is 20.3. The van der Waals surface area contributed by atoms with Crippen LogP contribution in [-0.4, -0.2) is 15.5 Å². The van der Waals surface area contributed by atoms with Gasteiger partial charge >= 0.3 is 0 Å². The molecule has 3 fully saturated rings. The molecule has 0 aliphatic heterocycles. The fourth-order valence-electron chi connectivity index (χ4n) is 6.22. The van der Waals surface area contributed by atoms with Crippen molar-refractivity contribution in [3.05, 3.63) is 28.8 Å². The predicted octanol–water partition coefficient (Wildman–Crippen LogP) is 6.74. The molecule has 4 heteroatoms. The number of rotatable bonds is 5. The average Bonchev–Trinajstić information content (AvgIpc) is 2.80. The van der Waals surface area contributed by atoms with E-state index in [1.54, 1.807) is 7.05 Å². The molecule has 0 amide bonds. The molecule has 0 atom stereocenters. The molecule has 0 spiro atoms. The summed E-state index contributed by atoms with van der Waals surface area (Å²) in [6.45, 7) is 0. The maximum absolute atomic E-state index is 13.3. The van der Waals surface area contributed by atoms with Crippen LogP contribution < -0.4 is 4.72 Å². The zero-order valence-electron chi connectivity index (χ0n) is 18.2. The highest BCUT2D eigenvalue weighted by Gasteiger charge is 2.32. The van der Waals surface area contributed by atoms with E-state index in [0.29, 0.717) is 22.6 Å². The van der Waals surface area contributed by atoms with Crippen LogP contribution in [0, 0.1) is 0 Å². The largest absolute Gasteiger partial charge is 0.240 e. The number of nitrogens with one attached hydrogen (secondary N) is 1. The summed E-state index contributed by atoms with van der Waals surface area (Å²) in [5.41, 5.74) is 3.76. The van der Waals surface area contributed by atoms with Crippen molar-refractivity contribution >= 4 is 10.0 Å². The standard InChI is InChI=1S/C25H39NO2S/c1-26-29(27,28)25-23(20-13-7-3-8-14-20)17-22(19-11-5-2-6-12-19)18-24(25)21-15-9-4-10-16-21/h17-21,26H,2-16H2,1H3. The third-order valence-electron chi connectivity index (χ3n) is 7.87. The third kappa shape index (κ3) is 4.74. The van der Waals surface area contributed by atoms with E-state index in [9.17, 15) is 8.42 Å². The molecule has 1 aromatic rings. The maximum atomic E-state index is 13.3. The Morgan fingerprint density at radius 2 is 1.03 bits per heavy atom. The SMILES string of the molecule is CNS(=O)(=O)c1c(C2CCCCC2)cc(C2CCCCC2)cc1C1CCCCC1. The number of hydrogen-bond acceptors (Lipinski definition) is 2. The Labute approximate surface area is 178 Å². The summed E-state index contributed by atoms with van der Waals surface area (Å²) in [6, 6.07) is 4.67. The smallest absolute Gasteiger partial charge is 0.214 e. The second-order valence-corrected chi connectivity index (χ2v) is 11.6. The zero-order valence-corrected chi connectivity index (χ0v) is 19.0. The Morgan fingerprint density at radius 3 is 1.41 bits per heavy atom. The highest BCUT2D eigenvalue weighted by molar-refractivity contribution is 7.89. The van der Waals surface area contributed by atoms with Crippen molar-refractivity contribution in [1.82, 2.24) is 4.72 Å². The van der Waals surface area contributed by atoms with Crippen LogP contribution in [0.5, 0.6) is 0 Å². The van der Waals surface area contributed by atoms with Gasteiger partial charge in [-0.05, 0) is 80.0 Å². The van der Waals surface area contributed by atoms with Gasteiger partial charge in [-0.25, -0.2) is 13.1 Å². The fraction of sp³-hybridized carbons (Fsp3) is 0.760. The van der Waals surface area contributed by atoms with Crippen molar-refractivity contribution < 1.29 is 8.42 Å². The van der Waals surface area contributed by atoms with E-state index in [-0.39, 0.29) is 0 Å². The molecular weight excluding hydrogens is 378 g/mol. The van der Waals surface area contributed by atoms with E-state index in [1.807, 2.05) is 0 Å². The summed E-state index contributed by atoms with van der Waals surface area (Å²) in [7, 11) is -1.87. The molecule has 0 bridgehead atoms. The Hall–Kier alpha value is -0.870. The molecule has 162 valence electrons. The van der Waals surface area contributed by atoms with Gasteiger partial charge in [-0.3, -0.25) is 0 Å². The molecule has 3 aliphatic carbocycles. The molecule has 3 aliphatic rings. The van der Waals surface area contributed by atoms with Crippen LogP contribution in [-0.2, 0) is 10.0 Å². The molecule has 1 aromatic carbocycles. The predicted molar refractivity (Wildman–Crippen MR) is 120 cm³/mol. The molecule has 1 N–H and O–H groups in total. The average molecular weight is 418 g/mol. The summed E-state index contributed by atoms with van der Waals surface area (Å²) in [6.07, 6.45) is 18.6. The molecule has 29 heavy (non-hydrogen) atoms. The summed E-state index contributed by atoms with van der Waals surface area (Å²) >= 11 is 0. The lowest BCUT2D eigenvalue weighted by Crippen LogP contribution is -2.25. The summed E-state index contributed by atoms with van der Waals surface area (Å²) < 4.78 is 29.3. The van der Waals surface area contributed by atoms with E-state index in [1.165, 1.54) is 76.2 Å². The minimum absolute atomic E-state index is 0.410. The van der Waals surface area contributed by atoms with Gasteiger partial charge < -0.3 is 0 Å². The van der Waals surface area contributed by atoms with Crippen LogP contribution in [0.3, 0.4) is 0 Å². The molecule has 3 saturated carbocycles. The van der Waals surface area contributed by atoms with Crippen LogP contribution >= 0.6 is 0 Å². The van der Waals surface area contributed by atoms with Crippen LogP contribution in [0.15, 0.2) is 17.0 Å². The van der Waals surface area contributed by atoms with Crippen molar-refractivity contribution in [2.24, 2.45) is 0 Å². The van der Waals surface area contributed by atoms with Crippen LogP contribution in [0.25, 0.3) is 0 Å². The van der Waals surface area contributed by atoms with Gasteiger partial charge in [-0.15, -0.1) is 0 Å². The maximum Gasteiger partial charge on any atom is 0.240 e. The van der Waals surface area contributed by atoms with Crippen molar-refractivity contribution in [3.8, 4) is 0 Å². The number of sulfonamides is 1. The van der Waals surface area contributed by atoms with Gasteiger partial charge in [-0.1, -0.05) is 69.9 Å². The molecule has 4 rings (SSSR count). The minimum Gasteiger partial charge on any atom is -0.214 e. The lowest BCUT2D eigenvalue weighted by Gasteiger charge is -2.32. The summed E-state index contributed by atoms with van der Waals surface area (Å²) in [4.78, 5) is 0.665. The van der Waals surface area contributed by atoms with Gasteiger partial charge in [0.05, 0.1) is 4.90 Å². The molecule has 0 aromatic heterocycles. The molecule has 0 heterocycles. The molecular formula is C25H39NO2S. The van der Waals surface area contributed by atoms with E-state index in [2.05, 4.69) is 16.9 Å². The van der Waals surface area contributed by atoms with E-state index >= 15 is 0 Å². The molecule has 3 nitrogen and oxygen atoms in total. The quantitative estimate of drug-likeness (QED) is 0.577. The highest BCUT2D eigenvalue weighted by Crippen LogP contribution is 2.45. The fourth-order valence-corrected chi connectivity index (χ4v) is 7.49. The first-order valence-corrected chi connectivity index (χ1v) is 13.7. The van der Waals surface area contributed by atoms with Crippen molar-refractivity contribution in [1.29, 1.82) is 0 Å². The Balaban J connectivity index is 1.86. The monoisotopic (exact) mass is 417 g/mol. The van der Waals surface area contributed by atoms with Crippen LogP contribution in [0.1, 0.15) is 131 Å². The highest BCUT2D eigenvalue weighted by atomic mass is 32.2. The van der Waals surface area contributed by atoms with Gasteiger partial charge in [0.15, 0.2) is 0 Å². The van der Waals surface area contributed by atoms with Crippen LogP contribution in [0.2, 0.25) is 0 Å². The Kier molecular flexibility index (Phi) is 7.01. The first-order valence-electron chi connectivity index (χ1n) is 12.2. The molecule has 0 saturated heterocycles. The molecule has 0 unspecified atom stereocenters. The summed E-state index contributed by atoms with van der Waals surface area (Å²) in [5.74, 6) is 1.44. The second-order valence-electron chi connectivity index (χ2n) is 9.74. The number of benzene rings is 1. The second kappa shape index (κ2) is 9.51. The first-order chi connectivity index (χ1) is 14.1. The van der Waals surface area contributed by atoms with Crippen molar-refractivity contribution in [2.45, 2.75) is 119 Å². The van der Waals surface area contributed by atoms with Gasteiger partial charge in [0.1, 0.15) is 0 Å². The van der Waals surface area contributed by atoms with Gasteiger partial charge in [0.25, 0.3) is 0 Å². The Morgan fingerprint density at radius 1 is 0.655 bits per heavy atom. The normalized spacial score (nSPS) is 23.3. The van der Waals surface area contributed by atoms with Crippen molar-refractivity contribution in [2.75, 3.05) is 7.05 Å². The van der Waals surface area contributed by atoms with E-state index in [4.69, 9.17) is 0 Å². The lowest BCUT2D eigenvalue weighted by atomic mass is 9.76. The topological polar surface area (TPSA) is 46.2 Å². The first kappa shape index (κ1) is 21.4. The van der Waals surface area contributed by atoms with E-state index in [0.717, 1.165) is 36.8 Å². The summed E-state index contributed by atoms with van der Waals surface area (Å²) in [5, 5.41) is 0. The lowest BCUT2D eigenvalue weighted by molar-refractivity contribution is 0.419. The van der Waals surface area contributed by atoms with Crippen molar-refractivity contribution in [3.63, 3.8) is 0 Å².